The molecule has 0 fully saturated rings. The summed E-state index contributed by atoms with van der Waals surface area (Å²) in [7, 11) is -10.7. The van der Waals surface area contributed by atoms with Gasteiger partial charge < -0.3 is 0 Å². The molecule has 260 valence electrons. The number of thioether (sulfide) groups is 1. The van der Waals surface area contributed by atoms with Gasteiger partial charge in [-0.15, -0.1) is 0 Å². The van der Waals surface area contributed by atoms with Crippen LogP contribution in [-0.2, 0) is 5.41 Å². The van der Waals surface area contributed by atoms with E-state index in [0.717, 1.165) is 0 Å². The van der Waals surface area contributed by atoms with Crippen molar-refractivity contribution in [2.45, 2.75) is 74.7 Å². The molecular weight excluding hydrogens is 678 g/mol. The van der Waals surface area contributed by atoms with E-state index < -0.39 is 7.81 Å². The summed E-state index contributed by atoms with van der Waals surface area (Å²) in [6, 6.07) is 17.9. The Hall–Kier alpha value is -2.93. The molecule has 0 aliphatic carbocycles. The summed E-state index contributed by atoms with van der Waals surface area (Å²) in [6.45, 7) is 22.7. The van der Waals surface area contributed by atoms with Crippen LogP contribution in [0.5, 0.6) is 0 Å². The second-order valence-electron chi connectivity index (χ2n) is 14.1. The molecule has 48 heavy (non-hydrogen) atoms. The molecule has 1 aliphatic rings. The van der Waals surface area contributed by atoms with Gasteiger partial charge in [-0.2, -0.15) is 0 Å². The fraction of sp³-hybridized carbons (Fsp3) is 0.308. The molecule has 1 aromatic heterocycles. The molecule has 0 saturated heterocycles. The van der Waals surface area contributed by atoms with Gasteiger partial charge in [-0.25, -0.2) is 0 Å². The third-order valence-electron chi connectivity index (χ3n) is 7.36. The topological polar surface area (TPSA) is 0 Å². The van der Waals surface area contributed by atoms with Gasteiger partial charge in [0.25, 0.3) is 0 Å². The summed E-state index contributed by atoms with van der Waals surface area (Å²) in [5, 5.41) is 0. The predicted octanol–water partition coefficient (Wildman–Crippen LogP) is 15.8. The second kappa shape index (κ2) is 13.8. The quantitative estimate of drug-likeness (QED) is 0.109. The molecule has 0 unspecified atom stereocenters. The van der Waals surface area contributed by atoms with Crippen LogP contribution in [0.3, 0.4) is 0 Å². The maximum absolute atomic E-state index is 10.7. The monoisotopic (exact) mass is 722 g/mol. The third kappa shape index (κ3) is 12.8. The normalized spacial score (nSPS) is 16.7. The fourth-order valence-corrected chi connectivity index (χ4v) is 7.74. The average molecular weight is 723 g/mol. The summed E-state index contributed by atoms with van der Waals surface area (Å²) in [4.78, 5) is 5.46. The molecule has 0 nitrogen and oxygen atoms in total. The van der Waals surface area contributed by atoms with E-state index in [9.17, 15) is 25.2 Å². The number of hydrogen-bond acceptors (Lipinski definition) is 1. The summed E-state index contributed by atoms with van der Waals surface area (Å²) in [6.07, 6.45) is 15.6. The molecular formula is C39H45F6PS2. The van der Waals surface area contributed by atoms with Crippen LogP contribution in [0.1, 0.15) is 79.8 Å². The van der Waals surface area contributed by atoms with E-state index in [-0.39, 0.29) is 10.8 Å². The van der Waals surface area contributed by atoms with E-state index >= 15 is 0 Å². The summed E-state index contributed by atoms with van der Waals surface area (Å²) >= 11 is 3.83. The molecule has 9 heteroatoms. The Morgan fingerprint density at radius 3 is 1.62 bits per heavy atom. The van der Waals surface area contributed by atoms with Crippen LogP contribution in [0, 0.1) is 33.1 Å². The molecule has 4 rings (SSSR count). The molecule has 0 saturated carbocycles. The van der Waals surface area contributed by atoms with Crippen molar-refractivity contribution in [1.29, 1.82) is 0 Å². The minimum absolute atomic E-state index is 0.0930. The van der Waals surface area contributed by atoms with Gasteiger partial charge in [-0.1, -0.05) is 120 Å². The maximum atomic E-state index is 9.87. The predicted molar refractivity (Wildman–Crippen MR) is 201 cm³/mol. The molecule has 0 bridgehead atoms. The van der Waals surface area contributed by atoms with E-state index in [0.29, 0.717) is 0 Å². The molecule has 2 heterocycles. The van der Waals surface area contributed by atoms with Crippen molar-refractivity contribution in [3.8, 4) is 10.4 Å². The Labute approximate surface area is 290 Å². The van der Waals surface area contributed by atoms with E-state index in [1.54, 1.807) is 0 Å². The first kappa shape index (κ1) is 39.5. The molecule has 1 aliphatic heterocycles. The van der Waals surface area contributed by atoms with Gasteiger partial charge in [-0.3, -0.25) is 0 Å². The Balaban J connectivity index is 0.000000804. The van der Waals surface area contributed by atoms with Gasteiger partial charge in [0, 0.05) is 28.0 Å². The first-order chi connectivity index (χ1) is 21.7. The van der Waals surface area contributed by atoms with Crippen LogP contribution in [-0.4, -0.2) is 0 Å². The first-order valence-corrected chi connectivity index (χ1v) is 19.2. The van der Waals surface area contributed by atoms with Crippen LogP contribution in [0.4, 0.5) is 25.2 Å². The van der Waals surface area contributed by atoms with Gasteiger partial charge in [0.1, 0.15) is 0 Å². The standard InChI is InChI=1S/C39H45S2.F6P/c1-26-16-14-17-27(2)36(26)32-22-30(24-34(40-32)38(5,6)7)20-12-11-13-21-31-23-33(41-35(25-31)39(8,9)10)37-28(3)18-15-19-29(37)4;1-7(2,3,4,5)6/h11-25H,1-10H3;/q+1;-1. The van der Waals surface area contributed by atoms with Crippen LogP contribution in [0.25, 0.3) is 21.4 Å². The van der Waals surface area contributed by atoms with Gasteiger partial charge in [0.2, 0.25) is 21.1 Å². The van der Waals surface area contributed by atoms with Crippen molar-refractivity contribution >= 4 is 41.9 Å². The van der Waals surface area contributed by atoms with E-state index in [2.05, 4.69) is 160 Å². The van der Waals surface area contributed by atoms with Gasteiger partial charge in [0.15, 0.2) is 0 Å². The van der Waals surface area contributed by atoms with Crippen LogP contribution in [0.2, 0.25) is 0 Å². The van der Waals surface area contributed by atoms with Crippen molar-refractivity contribution in [3.63, 3.8) is 0 Å². The Bertz CT molecular complexity index is 1780. The molecule has 0 N–H and O–H groups in total. The number of rotatable bonds is 5. The van der Waals surface area contributed by atoms with Gasteiger partial charge in [0.05, 0.1) is 0 Å². The van der Waals surface area contributed by atoms with E-state index in [1.165, 1.54) is 64.1 Å². The van der Waals surface area contributed by atoms with Crippen molar-refractivity contribution < 1.29 is 25.2 Å². The molecule has 2 aromatic carbocycles. The Morgan fingerprint density at radius 2 is 1.15 bits per heavy atom. The molecule has 0 amide bonds. The fourth-order valence-electron chi connectivity index (χ4n) is 5.03. The zero-order valence-electron chi connectivity index (χ0n) is 29.2. The zero-order valence-corrected chi connectivity index (χ0v) is 31.7. The number of halogens is 6. The van der Waals surface area contributed by atoms with Crippen LogP contribution < -0.4 is 0 Å². The molecule has 3 aromatic rings. The SMILES string of the molecule is Cc1cccc(C)c1C1=C/C(=C/C=C/C=C/c2cc(-c3c(C)cccc3C)[s+]c(C(C)(C)C)c2)C=C(C(C)(C)C)S1.F[P-](F)(F)(F)(F)F. The van der Waals surface area contributed by atoms with Gasteiger partial charge >= 0.3 is 33.0 Å². The van der Waals surface area contributed by atoms with Crippen LogP contribution >= 0.6 is 30.9 Å². The number of allylic oxidation sites excluding steroid dienone is 8. The number of benzene rings is 2. The first-order valence-electron chi connectivity index (χ1n) is 15.5. The average Bonchev–Trinajstić information content (AvgIpc) is 2.90. The third-order valence-corrected chi connectivity index (χ3v) is 10.3. The Kier molecular flexibility index (Phi) is 11.3. The molecule has 0 radical (unpaired) electrons. The zero-order chi connectivity index (χ0) is 36.4. The summed E-state index contributed by atoms with van der Waals surface area (Å²) in [5.74, 6) is 0. The van der Waals surface area contributed by atoms with Crippen LogP contribution in [0.15, 0.2) is 95.5 Å². The Morgan fingerprint density at radius 1 is 0.646 bits per heavy atom. The van der Waals surface area contributed by atoms with Crippen molar-refractivity contribution in [2.24, 2.45) is 5.41 Å². The van der Waals surface area contributed by atoms with E-state index in [4.69, 9.17) is 0 Å². The van der Waals surface area contributed by atoms with Crippen molar-refractivity contribution in [2.75, 3.05) is 0 Å². The van der Waals surface area contributed by atoms with E-state index in [1.807, 2.05) is 23.1 Å². The van der Waals surface area contributed by atoms with Gasteiger partial charge in [-0.05, 0) is 89.1 Å². The van der Waals surface area contributed by atoms with Crippen molar-refractivity contribution in [3.05, 3.63) is 134 Å². The second-order valence-corrected chi connectivity index (χ2v) is 18.2. The summed E-state index contributed by atoms with van der Waals surface area (Å²) in [5.41, 5.74) is 10.7. The van der Waals surface area contributed by atoms with Crippen molar-refractivity contribution in [1.82, 2.24) is 0 Å². The number of aryl methyl sites for hydroxylation is 4. The summed E-state index contributed by atoms with van der Waals surface area (Å²) < 4.78 is 59.2. The molecule has 0 spiro atoms. The molecule has 0 atom stereocenters. The minimum atomic E-state index is -10.7. The number of hydrogen-bond donors (Lipinski definition) is 0.